The first-order chi connectivity index (χ1) is 16.2. The van der Waals surface area contributed by atoms with E-state index in [4.69, 9.17) is 21.2 Å². The molecule has 0 saturated heterocycles. The number of aromatic nitrogens is 2. The van der Waals surface area contributed by atoms with E-state index < -0.39 is 11.8 Å². The molecule has 7 heteroatoms. The molecule has 1 atom stereocenters. The summed E-state index contributed by atoms with van der Waals surface area (Å²) in [5, 5.41) is 8.01. The number of hydrogen-bond acceptors (Lipinski definition) is 5. The smallest absolute Gasteiger partial charge is 0.226 e. The lowest BCUT2D eigenvalue weighted by molar-refractivity contribution is -0.120. The zero-order valence-corrected chi connectivity index (χ0v) is 21.1. The van der Waals surface area contributed by atoms with E-state index in [2.05, 4.69) is 24.0 Å². The summed E-state index contributed by atoms with van der Waals surface area (Å²) >= 11 is 0. The van der Waals surface area contributed by atoms with E-state index in [9.17, 15) is 4.79 Å². The van der Waals surface area contributed by atoms with Crippen molar-refractivity contribution in [2.24, 2.45) is 22.4 Å². The van der Waals surface area contributed by atoms with Crippen molar-refractivity contribution in [2.75, 3.05) is 7.11 Å². The fraction of sp³-hybridized carbons (Fsp3) is 0.370. The quantitative estimate of drug-likeness (QED) is 0.403. The minimum atomic E-state index is -0.669. The Labute approximate surface area is 202 Å². The van der Waals surface area contributed by atoms with Crippen molar-refractivity contribution in [3.8, 4) is 0 Å². The Morgan fingerprint density at radius 1 is 1.18 bits per heavy atom. The van der Waals surface area contributed by atoms with Crippen LogP contribution in [0.2, 0.25) is 0 Å². The van der Waals surface area contributed by atoms with Gasteiger partial charge >= 0.3 is 0 Å². The Morgan fingerprint density at radius 3 is 2.50 bits per heavy atom. The normalized spacial score (nSPS) is 13.2. The van der Waals surface area contributed by atoms with E-state index in [1.807, 2.05) is 50.2 Å². The summed E-state index contributed by atoms with van der Waals surface area (Å²) < 4.78 is 5.23. The SMILES string of the molecule is CCCC.COCc1cccc(C(C)=N/C(=C(/N)C(C)C(N)=O)c2c(C)ccc3[nH]ncc23)c1. The number of amides is 1. The van der Waals surface area contributed by atoms with Crippen LogP contribution in [0, 0.1) is 12.8 Å². The summed E-state index contributed by atoms with van der Waals surface area (Å²) in [6.45, 7) is 10.5. The first-order valence-electron chi connectivity index (χ1n) is 11.6. The maximum absolute atomic E-state index is 11.9. The molecule has 0 saturated carbocycles. The fourth-order valence-electron chi connectivity index (χ4n) is 3.35. The van der Waals surface area contributed by atoms with Gasteiger partial charge in [0.15, 0.2) is 0 Å². The van der Waals surface area contributed by atoms with Gasteiger partial charge in [0.2, 0.25) is 5.91 Å². The van der Waals surface area contributed by atoms with Crippen LogP contribution in [0.4, 0.5) is 0 Å². The number of nitrogens with two attached hydrogens (primary N) is 2. The van der Waals surface area contributed by atoms with Gasteiger partial charge in [0.25, 0.3) is 0 Å². The van der Waals surface area contributed by atoms with E-state index in [0.29, 0.717) is 18.0 Å². The highest BCUT2D eigenvalue weighted by molar-refractivity contribution is 6.04. The Hall–Kier alpha value is -3.45. The lowest BCUT2D eigenvalue weighted by Gasteiger charge is -2.16. The van der Waals surface area contributed by atoms with E-state index in [1.54, 1.807) is 20.2 Å². The standard InChI is InChI=1S/C23H27N5O2.C4H10/c1-13-8-9-19-18(11-26-28-19)20(13)22(21(24)14(2)23(25)29)27-15(3)17-7-5-6-16(10-17)12-30-4;1-3-4-2/h5-11,14H,12,24H2,1-4H3,(H2,25,29)(H,26,28);3-4H2,1-2H3/b22-21+,27-15?;. The van der Waals surface area contributed by atoms with Gasteiger partial charge in [0.1, 0.15) is 0 Å². The summed E-state index contributed by atoms with van der Waals surface area (Å²) in [5.41, 5.74) is 18.3. The van der Waals surface area contributed by atoms with Crippen molar-refractivity contribution in [3.05, 3.63) is 70.5 Å². The number of primary amides is 1. The molecule has 3 aromatic rings. The van der Waals surface area contributed by atoms with Crippen molar-refractivity contribution in [2.45, 2.75) is 54.1 Å². The fourth-order valence-corrected chi connectivity index (χ4v) is 3.35. The average Bonchev–Trinajstić information content (AvgIpc) is 3.31. The number of carbonyl (C=O) groups is 1. The van der Waals surface area contributed by atoms with Crippen LogP contribution >= 0.6 is 0 Å². The highest BCUT2D eigenvalue weighted by Crippen LogP contribution is 2.32. The van der Waals surface area contributed by atoms with Gasteiger partial charge in [-0.15, -0.1) is 0 Å². The van der Waals surface area contributed by atoms with Crippen molar-refractivity contribution < 1.29 is 9.53 Å². The summed E-state index contributed by atoms with van der Waals surface area (Å²) in [6.07, 6.45) is 4.38. The van der Waals surface area contributed by atoms with E-state index in [-0.39, 0.29) is 0 Å². The predicted molar refractivity (Wildman–Crippen MR) is 140 cm³/mol. The number of rotatable bonds is 8. The average molecular weight is 464 g/mol. The summed E-state index contributed by atoms with van der Waals surface area (Å²) in [5.74, 6) is -1.17. The largest absolute Gasteiger partial charge is 0.400 e. The van der Waals surface area contributed by atoms with Crippen LogP contribution in [0.3, 0.4) is 0 Å². The number of aromatic amines is 1. The van der Waals surface area contributed by atoms with Gasteiger partial charge in [-0.1, -0.05) is 51.0 Å². The summed E-state index contributed by atoms with van der Waals surface area (Å²) in [4.78, 5) is 16.8. The topological polar surface area (TPSA) is 119 Å². The van der Waals surface area contributed by atoms with E-state index in [1.165, 1.54) is 12.8 Å². The third kappa shape index (κ3) is 6.54. The number of fused-ring (bicyclic) bond motifs is 1. The number of carbonyl (C=O) groups excluding carboxylic acids is 1. The number of aryl methyl sites for hydroxylation is 1. The number of ether oxygens (including phenoxy) is 1. The Bertz CT molecular complexity index is 1170. The minimum absolute atomic E-state index is 0.326. The zero-order valence-electron chi connectivity index (χ0n) is 21.1. The van der Waals surface area contributed by atoms with Crippen LogP contribution in [0.5, 0.6) is 0 Å². The van der Waals surface area contributed by atoms with Gasteiger partial charge in [-0.05, 0) is 49.6 Å². The molecule has 1 heterocycles. The lowest BCUT2D eigenvalue weighted by Crippen LogP contribution is -2.26. The number of nitrogens with one attached hydrogen (secondary N) is 1. The van der Waals surface area contributed by atoms with E-state index in [0.717, 1.165) is 38.9 Å². The number of H-pyrrole nitrogens is 1. The monoisotopic (exact) mass is 463 g/mol. The number of aliphatic imine (C=N–C) groups is 1. The molecule has 34 heavy (non-hydrogen) atoms. The second-order valence-corrected chi connectivity index (χ2v) is 8.35. The van der Waals surface area contributed by atoms with Crippen LogP contribution in [-0.2, 0) is 16.1 Å². The lowest BCUT2D eigenvalue weighted by atomic mass is 9.96. The third-order valence-electron chi connectivity index (χ3n) is 5.67. The molecule has 1 amide bonds. The first kappa shape index (κ1) is 26.8. The van der Waals surface area contributed by atoms with Gasteiger partial charge in [0, 0.05) is 29.5 Å². The molecule has 0 bridgehead atoms. The number of unbranched alkanes of at least 4 members (excludes halogenated alkanes) is 1. The molecule has 0 radical (unpaired) electrons. The van der Waals surface area contributed by atoms with Crippen molar-refractivity contribution >= 4 is 28.2 Å². The van der Waals surface area contributed by atoms with Crippen LogP contribution < -0.4 is 11.5 Å². The molecular weight excluding hydrogens is 426 g/mol. The Morgan fingerprint density at radius 2 is 1.88 bits per heavy atom. The van der Waals surface area contributed by atoms with Crippen molar-refractivity contribution in [3.63, 3.8) is 0 Å². The molecule has 0 aliphatic carbocycles. The van der Waals surface area contributed by atoms with Crippen LogP contribution in [-0.4, -0.2) is 28.9 Å². The molecule has 0 spiro atoms. The molecule has 182 valence electrons. The highest BCUT2D eigenvalue weighted by Gasteiger charge is 2.21. The van der Waals surface area contributed by atoms with Crippen LogP contribution in [0.25, 0.3) is 16.6 Å². The number of methoxy groups -OCH3 is 1. The van der Waals surface area contributed by atoms with Crippen LogP contribution in [0.15, 0.2) is 53.3 Å². The molecular formula is C27H37N5O2. The maximum Gasteiger partial charge on any atom is 0.226 e. The number of nitrogens with zero attached hydrogens (tertiary/aromatic N) is 2. The number of hydrogen-bond donors (Lipinski definition) is 3. The van der Waals surface area contributed by atoms with Gasteiger partial charge in [-0.2, -0.15) is 5.10 Å². The third-order valence-corrected chi connectivity index (χ3v) is 5.67. The summed E-state index contributed by atoms with van der Waals surface area (Å²) in [6, 6.07) is 11.9. The Balaban J connectivity index is 0.000000945. The van der Waals surface area contributed by atoms with Crippen molar-refractivity contribution in [1.29, 1.82) is 0 Å². The second kappa shape index (κ2) is 12.7. The molecule has 5 N–H and O–H groups in total. The second-order valence-electron chi connectivity index (χ2n) is 8.35. The van der Waals surface area contributed by atoms with E-state index >= 15 is 0 Å². The van der Waals surface area contributed by atoms with Crippen molar-refractivity contribution in [1.82, 2.24) is 10.2 Å². The zero-order chi connectivity index (χ0) is 25.3. The maximum atomic E-state index is 11.9. The number of benzene rings is 2. The molecule has 7 nitrogen and oxygen atoms in total. The molecule has 0 aliphatic heterocycles. The molecule has 0 fully saturated rings. The molecule has 3 rings (SSSR count). The van der Waals surface area contributed by atoms with Gasteiger partial charge in [0.05, 0.1) is 29.9 Å². The highest BCUT2D eigenvalue weighted by atomic mass is 16.5. The van der Waals surface area contributed by atoms with Gasteiger partial charge < -0.3 is 16.2 Å². The molecule has 0 aliphatic rings. The summed E-state index contributed by atoms with van der Waals surface area (Å²) in [7, 11) is 1.66. The van der Waals surface area contributed by atoms with Gasteiger partial charge in [-0.3, -0.25) is 14.9 Å². The molecule has 1 aromatic heterocycles. The van der Waals surface area contributed by atoms with Crippen LogP contribution in [0.1, 0.15) is 62.8 Å². The van der Waals surface area contributed by atoms with Gasteiger partial charge in [-0.25, -0.2) is 0 Å². The first-order valence-corrected chi connectivity index (χ1v) is 11.6. The minimum Gasteiger partial charge on any atom is -0.400 e. The predicted octanol–water partition coefficient (Wildman–Crippen LogP) is 5.08. The molecule has 2 aromatic carbocycles. The molecule has 1 unspecified atom stereocenters. The Kier molecular flexibility index (Phi) is 10.0.